The van der Waals surface area contributed by atoms with Gasteiger partial charge in [0.2, 0.25) is 0 Å². The molecule has 0 radical (unpaired) electrons. The van der Waals surface area contributed by atoms with Crippen molar-refractivity contribution in [3.63, 3.8) is 0 Å². The third-order valence-electron chi connectivity index (χ3n) is 6.97. The molecular formula is C29H31FN4O4. The van der Waals surface area contributed by atoms with Crippen LogP contribution in [0.3, 0.4) is 0 Å². The Morgan fingerprint density at radius 1 is 1.05 bits per heavy atom. The van der Waals surface area contributed by atoms with Crippen molar-refractivity contribution in [2.24, 2.45) is 0 Å². The van der Waals surface area contributed by atoms with Crippen molar-refractivity contribution >= 4 is 23.2 Å². The number of morpholine rings is 1. The van der Waals surface area contributed by atoms with Crippen LogP contribution < -0.4 is 10.2 Å². The molecule has 198 valence electrons. The van der Waals surface area contributed by atoms with Crippen molar-refractivity contribution in [3.8, 4) is 11.1 Å². The monoisotopic (exact) mass is 518 g/mol. The van der Waals surface area contributed by atoms with Crippen molar-refractivity contribution in [2.75, 3.05) is 50.2 Å². The van der Waals surface area contributed by atoms with Gasteiger partial charge in [-0.05, 0) is 61.7 Å². The zero-order chi connectivity index (χ0) is 26.6. The molecule has 1 N–H and O–H groups in total. The number of hydrogen-bond donors (Lipinski definition) is 1. The summed E-state index contributed by atoms with van der Waals surface area (Å²) < 4.78 is 25.4. The minimum Gasteiger partial charge on any atom is -0.378 e. The number of hydrogen-bond acceptors (Lipinski definition) is 6. The zero-order valence-electron chi connectivity index (χ0n) is 21.6. The lowest BCUT2D eigenvalue weighted by molar-refractivity contribution is 0.000873. The molecule has 2 amide bonds. The molecule has 1 aromatic heterocycles. The standard InChI is InChI=1S/C29H31FN4O4/c1-19-26(20-5-7-21(8-6-20)29(36)33(2)27-4-3-11-38-27)17-24(18-31-19)32-28(35)22-14-23(30)16-25(15-22)34-9-12-37-13-10-34/h5-8,14-18,27H,3-4,9-13H2,1-2H3,(H,32,35). The Morgan fingerprint density at radius 3 is 2.53 bits per heavy atom. The molecule has 1 atom stereocenters. The van der Waals surface area contributed by atoms with Gasteiger partial charge in [0.25, 0.3) is 11.8 Å². The van der Waals surface area contributed by atoms with Gasteiger partial charge in [-0.1, -0.05) is 12.1 Å². The molecule has 3 aromatic rings. The van der Waals surface area contributed by atoms with Gasteiger partial charge in [-0.15, -0.1) is 0 Å². The van der Waals surface area contributed by atoms with Crippen molar-refractivity contribution in [3.05, 3.63) is 77.4 Å². The molecular weight excluding hydrogens is 487 g/mol. The molecule has 2 aliphatic rings. The fourth-order valence-corrected chi connectivity index (χ4v) is 4.80. The second-order valence-corrected chi connectivity index (χ2v) is 9.57. The van der Waals surface area contributed by atoms with Crippen LogP contribution in [0, 0.1) is 12.7 Å². The third kappa shape index (κ3) is 5.69. The summed E-state index contributed by atoms with van der Waals surface area (Å²) in [6, 6.07) is 13.5. The van der Waals surface area contributed by atoms with E-state index in [4.69, 9.17) is 9.47 Å². The van der Waals surface area contributed by atoms with E-state index in [1.165, 1.54) is 12.1 Å². The number of ether oxygens (including phenoxy) is 2. The van der Waals surface area contributed by atoms with Crippen LogP contribution in [-0.2, 0) is 9.47 Å². The summed E-state index contributed by atoms with van der Waals surface area (Å²) in [7, 11) is 1.76. The van der Waals surface area contributed by atoms with Gasteiger partial charge in [0.15, 0.2) is 0 Å². The Bertz CT molecular complexity index is 1320. The summed E-state index contributed by atoms with van der Waals surface area (Å²) >= 11 is 0. The largest absolute Gasteiger partial charge is 0.378 e. The van der Waals surface area contributed by atoms with Crippen LogP contribution in [0.2, 0.25) is 0 Å². The Kier molecular flexibility index (Phi) is 7.67. The van der Waals surface area contributed by atoms with Crippen LogP contribution in [0.25, 0.3) is 11.1 Å². The molecule has 9 heteroatoms. The van der Waals surface area contributed by atoms with Gasteiger partial charge in [-0.3, -0.25) is 14.6 Å². The quantitative estimate of drug-likeness (QED) is 0.518. The zero-order valence-corrected chi connectivity index (χ0v) is 21.6. The first kappa shape index (κ1) is 25.8. The molecule has 0 aliphatic carbocycles. The average Bonchev–Trinajstić information content (AvgIpc) is 3.49. The second-order valence-electron chi connectivity index (χ2n) is 9.57. The van der Waals surface area contributed by atoms with Crippen LogP contribution in [-0.4, -0.2) is 67.9 Å². The number of carbonyl (C=O) groups is 2. The topological polar surface area (TPSA) is 84.0 Å². The van der Waals surface area contributed by atoms with E-state index < -0.39 is 11.7 Å². The van der Waals surface area contributed by atoms with Crippen LogP contribution in [0.15, 0.2) is 54.7 Å². The fraction of sp³-hybridized carbons (Fsp3) is 0.345. The normalized spacial score (nSPS) is 17.3. The number of carbonyl (C=O) groups excluding carboxylic acids is 2. The van der Waals surface area contributed by atoms with E-state index in [-0.39, 0.29) is 17.7 Å². The molecule has 1 unspecified atom stereocenters. The summed E-state index contributed by atoms with van der Waals surface area (Å²) in [5.41, 5.74) is 4.41. The molecule has 2 fully saturated rings. The Labute approximate surface area is 221 Å². The lowest BCUT2D eigenvalue weighted by atomic mass is 10.0. The van der Waals surface area contributed by atoms with E-state index in [9.17, 15) is 14.0 Å². The number of aromatic nitrogens is 1. The maximum Gasteiger partial charge on any atom is 0.255 e. The smallest absolute Gasteiger partial charge is 0.255 e. The predicted octanol–water partition coefficient (Wildman–Crippen LogP) is 4.49. The number of anilines is 2. The second kappa shape index (κ2) is 11.3. The molecule has 2 aromatic carbocycles. The number of rotatable bonds is 6. The maximum atomic E-state index is 14.4. The molecule has 38 heavy (non-hydrogen) atoms. The highest BCUT2D eigenvalue weighted by Crippen LogP contribution is 2.27. The van der Waals surface area contributed by atoms with E-state index in [0.717, 1.165) is 29.7 Å². The van der Waals surface area contributed by atoms with Crippen molar-refractivity contribution < 1.29 is 23.5 Å². The van der Waals surface area contributed by atoms with E-state index >= 15 is 0 Å². The maximum absolute atomic E-state index is 14.4. The van der Waals surface area contributed by atoms with Crippen LogP contribution in [0.4, 0.5) is 15.8 Å². The molecule has 0 bridgehead atoms. The van der Waals surface area contributed by atoms with Crippen molar-refractivity contribution in [1.82, 2.24) is 9.88 Å². The third-order valence-corrected chi connectivity index (χ3v) is 6.97. The number of benzene rings is 2. The predicted molar refractivity (Wildman–Crippen MR) is 143 cm³/mol. The molecule has 8 nitrogen and oxygen atoms in total. The van der Waals surface area contributed by atoms with Gasteiger partial charge in [0.05, 0.1) is 25.1 Å². The molecule has 0 saturated carbocycles. The van der Waals surface area contributed by atoms with Crippen LogP contribution in [0.5, 0.6) is 0 Å². The number of aryl methyl sites for hydroxylation is 1. The summed E-state index contributed by atoms with van der Waals surface area (Å²) in [4.78, 5) is 34.0. The van der Waals surface area contributed by atoms with Gasteiger partial charge in [0.1, 0.15) is 12.0 Å². The van der Waals surface area contributed by atoms with Crippen LogP contribution >= 0.6 is 0 Å². The van der Waals surface area contributed by atoms with E-state index in [1.807, 2.05) is 30.0 Å². The SMILES string of the molecule is Cc1ncc(NC(=O)c2cc(F)cc(N3CCOCC3)c2)cc1-c1ccc(C(=O)N(C)C2CCCO2)cc1. The van der Waals surface area contributed by atoms with Crippen molar-refractivity contribution in [2.45, 2.75) is 26.0 Å². The van der Waals surface area contributed by atoms with E-state index in [2.05, 4.69) is 10.3 Å². The van der Waals surface area contributed by atoms with E-state index in [1.54, 1.807) is 36.3 Å². The highest BCUT2D eigenvalue weighted by atomic mass is 19.1. The Balaban J connectivity index is 1.32. The molecule has 3 heterocycles. The van der Waals surface area contributed by atoms with Gasteiger partial charge in [-0.2, -0.15) is 0 Å². The highest BCUT2D eigenvalue weighted by Gasteiger charge is 2.25. The minimum absolute atomic E-state index is 0.0918. The fourth-order valence-electron chi connectivity index (χ4n) is 4.80. The van der Waals surface area contributed by atoms with Gasteiger partial charge < -0.3 is 24.6 Å². The summed E-state index contributed by atoms with van der Waals surface area (Å²) in [5, 5.41) is 2.84. The average molecular weight is 519 g/mol. The molecule has 2 aliphatic heterocycles. The lowest BCUT2D eigenvalue weighted by Crippen LogP contribution is -2.36. The highest BCUT2D eigenvalue weighted by molar-refractivity contribution is 6.05. The number of halogens is 1. The molecule has 5 rings (SSSR count). The lowest BCUT2D eigenvalue weighted by Gasteiger charge is -2.29. The van der Waals surface area contributed by atoms with Gasteiger partial charge in [0, 0.05) is 54.8 Å². The summed E-state index contributed by atoms with van der Waals surface area (Å²) in [6.07, 6.45) is 3.19. The first-order valence-electron chi connectivity index (χ1n) is 12.8. The first-order valence-corrected chi connectivity index (χ1v) is 12.8. The van der Waals surface area contributed by atoms with E-state index in [0.29, 0.717) is 49.8 Å². The number of nitrogens with one attached hydrogen (secondary N) is 1. The first-order chi connectivity index (χ1) is 18.4. The summed E-state index contributed by atoms with van der Waals surface area (Å²) in [6.45, 7) is 4.98. The van der Waals surface area contributed by atoms with Crippen LogP contribution in [0.1, 0.15) is 39.3 Å². The molecule has 0 spiro atoms. The number of amides is 2. The number of nitrogens with zero attached hydrogens (tertiary/aromatic N) is 3. The van der Waals surface area contributed by atoms with Gasteiger partial charge >= 0.3 is 0 Å². The van der Waals surface area contributed by atoms with Gasteiger partial charge in [-0.25, -0.2) is 4.39 Å². The number of pyridine rings is 1. The Hall–Kier alpha value is -3.82. The summed E-state index contributed by atoms with van der Waals surface area (Å²) in [5.74, 6) is -0.985. The minimum atomic E-state index is -0.471. The van der Waals surface area contributed by atoms with Crippen molar-refractivity contribution in [1.29, 1.82) is 0 Å². The Morgan fingerprint density at radius 2 is 1.82 bits per heavy atom. The molecule has 2 saturated heterocycles.